The monoisotopic (exact) mass is 125 g/mol. The van der Waals surface area contributed by atoms with E-state index < -0.39 is 0 Å². The van der Waals surface area contributed by atoms with Crippen molar-refractivity contribution < 1.29 is 0 Å². The van der Waals surface area contributed by atoms with Crippen molar-refractivity contribution in [1.82, 2.24) is 0 Å². The van der Waals surface area contributed by atoms with Gasteiger partial charge in [0.2, 0.25) is 0 Å². The van der Waals surface area contributed by atoms with Crippen LogP contribution in [0, 0.1) is 12.3 Å². The van der Waals surface area contributed by atoms with E-state index >= 15 is 0 Å². The maximum absolute atomic E-state index is 2.38. The van der Waals surface area contributed by atoms with Crippen molar-refractivity contribution in [2.24, 2.45) is 5.92 Å². The van der Waals surface area contributed by atoms with Crippen LogP contribution in [0.25, 0.3) is 0 Å². The highest BCUT2D eigenvalue weighted by Crippen LogP contribution is 2.23. The summed E-state index contributed by atoms with van der Waals surface area (Å²) in [6, 6.07) is 0. The van der Waals surface area contributed by atoms with Gasteiger partial charge in [0.1, 0.15) is 0 Å². The first-order chi connectivity index (χ1) is 4.43. The number of rotatable bonds is 1. The van der Waals surface area contributed by atoms with Crippen LogP contribution >= 0.6 is 0 Å². The van der Waals surface area contributed by atoms with E-state index in [1.165, 1.54) is 38.5 Å². The first-order valence-corrected chi connectivity index (χ1v) is 4.23. The van der Waals surface area contributed by atoms with E-state index in [9.17, 15) is 0 Å². The van der Waals surface area contributed by atoms with Crippen molar-refractivity contribution in [3.63, 3.8) is 0 Å². The molecule has 1 radical (unpaired) electrons. The highest BCUT2D eigenvalue weighted by Gasteiger charge is 2.08. The summed E-state index contributed by atoms with van der Waals surface area (Å²) in [6.07, 6.45) is 11.2. The summed E-state index contributed by atoms with van der Waals surface area (Å²) in [5, 5.41) is 0. The Hall–Kier alpha value is 0. The molecule has 1 aliphatic carbocycles. The highest BCUT2D eigenvalue weighted by molar-refractivity contribution is 4.73. The topological polar surface area (TPSA) is 0 Å². The Morgan fingerprint density at radius 1 is 1.00 bits per heavy atom. The van der Waals surface area contributed by atoms with Crippen LogP contribution in [0.15, 0.2) is 0 Å². The molecule has 1 rings (SSSR count). The predicted molar refractivity (Wildman–Crippen MR) is 41.2 cm³/mol. The van der Waals surface area contributed by atoms with Crippen molar-refractivity contribution in [2.45, 2.75) is 45.4 Å². The quantitative estimate of drug-likeness (QED) is 0.472. The minimum absolute atomic E-state index is 0.951. The largest absolute Gasteiger partial charge is 0.0620 e. The van der Waals surface area contributed by atoms with Gasteiger partial charge in [0.25, 0.3) is 0 Å². The minimum Gasteiger partial charge on any atom is -0.0620 e. The fourth-order valence-electron chi connectivity index (χ4n) is 1.64. The molecular weight excluding hydrogens is 108 g/mol. The SMILES string of the molecule is C[CH]C1CCCCCC1. The average molecular weight is 125 g/mol. The molecule has 1 fully saturated rings. The van der Waals surface area contributed by atoms with Crippen LogP contribution in [-0.4, -0.2) is 0 Å². The van der Waals surface area contributed by atoms with Crippen LogP contribution < -0.4 is 0 Å². The van der Waals surface area contributed by atoms with Crippen LogP contribution in [0.4, 0.5) is 0 Å². The summed E-state index contributed by atoms with van der Waals surface area (Å²) in [5.41, 5.74) is 0. The molecule has 0 N–H and O–H groups in total. The molecule has 0 aromatic carbocycles. The lowest BCUT2D eigenvalue weighted by molar-refractivity contribution is 0.524. The van der Waals surface area contributed by atoms with Gasteiger partial charge in [0.05, 0.1) is 0 Å². The third kappa shape index (κ3) is 2.38. The maximum Gasteiger partial charge on any atom is -0.0386 e. The molecule has 53 valence electrons. The molecule has 0 aliphatic heterocycles. The van der Waals surface area contributed by atoms with Crippen LogP contribution in [0.3, 0.4) is 0 Å². The van der Waals surface area contributed by atoms with E-state index in [1.54, 1.807) is 0 Å². The fraction of sp³-hybridized carbons (Fsp3) is 0.889. The molecule has 0 nitrogen and oxygen atoms in total. The minimum atomic E-state index is 0.951. The number of hydrogen-bond acceptors (Lipinski definition) is 0. The lowest BCUT2D eigenvalue weighted by atomic mass is 9.98. The molecule has 0 atom stereocenters. The van der Waals surface area contributed by atoms with E-state index in [1.807, 2.05) is 0 Å². The molecule has 0 bridgehead atoms. The Morgan fingerprint density at radius 3 is 2.00 bits per heavy atom. The molecule has 1 saturated carbocycles. The van der Waals surface area contributed by atoms with Crippen LogP contribution in [0.1, 0.15) is 45.4 Å². The van der Waals surface area contributed by atoms with E-state index in [0.717, 1.165) is 5.92 Å². The molecule has 0 saturated heterocycles. The zero-order valence-electron chi connectivity index (χ0n) is 6.40. The molecule has 0 heteroatoms. The van der Waals surface area contributed by atoms with Crippen molar-refractivity contribution in [2.75, 3.05) is 0 Å². The van der Waals surface area contributed by atoms with E-state index in [2.05, 4.69) is 13.3 Å². The fourth-order valence-corrected chi connectivity index (χ4v) is 1.64. The maximum atomic E-state index is 2.38. The van der Waals surface area contributed by atoms with Gasteiger partial charge in [-0.1, -0.05) is 45.4 Å². The lowest BCUT2D eigenvalue weighted by Crippen LogP contribution is -1.95. The van der Waals surface area contributed by atoms with Gasteiger partial charge in [-0.05, 0) is 12.3 Å². The molecule has 9 heavy (non-hydrogen) atoms. The van der Waals surface area contributed by atoms with Gasteiger partial charge in [0.15, 0.2) is 0 Å². The summed E-state index contributed by atoms with van der Waals surface area (Å²) >= 11 is 0. The van der Waals surface area contributed by atoms with Crippen LogP contribution in [0.5, 0.6) is 0 Å². The molecule has 0 heterocycles. The second-order valence-corrected chi connectivity index (χ2v) is 3.08. The molecule has 1 aliphatic rings. The van der Waals surface area contributed by atoms with Crippen LogP contribution in [-0.2, 0) is 0 Å². The predicted octanol–water partition coefficient (Wildman–Crippen LogP) is 3.18. The zero-order chi connectivity index (χ0) is 6.53. The molecular formula is C9H17. The first-order valence-electron chi connectivity index (χ1n) is 4.23. The Morgan fingerprint density at radius 2 is 1.56 bits per heavy atom. The molecule has 0 spiro atoms. The Labute approximate surface area is 58.7 Å². The van der Waals surface area contributed by atoms with Gasteiger partial charge in [-0.3, -0.25) is 0 Å². The first kappa shape index (κ1) is 7.11. The van der Waals surface area contributed by atoms with E-state index in [0.29, 0.717) is 0 Å². The summed E-state index contributed by atoms with van der Waals surface area (Å²) in [5.74, 6) is 0.951. The third-order valence-corrected chi connectivity index (χ3v) is 2.37. The summed E-state index contributed by atoms with van der Waals surface area (Å²) in [6.45, 7) is 2.20. The number of hydrogen-bond donors (Lipinski definition) is 0. The Balaban J connectivity index is 2.18. The van der Waals surface area contributed by atoms with Crippen molar-refractivity contribution in [1.29, 1.82) is 0 Å². The van der Waals surface area contributed by atoms with E-state index in [4.69, 9.17) is 0 Å². The molecule has 0 aromatic rings. The summed E-state index contributed by atoms with van der Waals surface area (Å²) < 4.78 is 0. The Kier molecular flexibility index (Phi) is 3.10. The smallest absolute Gasteiger partial charge is 0.0386 e. The normalized spacial score (nSPS) is 23.7. The third-order valence-electron chi connectivity index (χ3n) is 2.37. The van der Waals surface area contributed by atoms with Crippen molar-refractivity contribution >= 4 is 0 Å². The Bertz CT molecular complexity index is 58.4. The van der Waals surface area contributed by atoms with Gasteiger partial charge < -0.3 is 0 Å². The second-order valence-electron chi connectivity index (χ2n) is 3.08. The summed E-state index contributed by atoms with van der Waals surface area (Å²) in [7, 11) is 0. The van der Waals surface area contributed by atoms with Crippen LogP contribution in [0.2, 0.25) is 0 Å². The zero-order valence-corrected chi connectivity index (χ0v) is 6.40. The van der Waals surface area contributed by atoms with Gasteiger partial charge >= 0.3 is 0 Å². The highest BCUT2D eigenvalue weighted by atomic mass is 14.1. The average Bonchev–Trinajstić information content (AvgIpc) is 2.13. The lowest BCUT2D eigenvalue weighted by Gasteiger charge is -2.08. The van der Waals surface area contributed by atoms with Crippen molar-refractivity contribution in [3.05, 3.63) is 6.42 Å². The standard InChI is InChI=1S/C9H17/c1-2-9-7-5-3-4-6-8-9/h2,9H,3-8H2,1H3. The van der Waals surface area contributed by atoms with Gasteiger partial charge in [-0.15, -0.1) is 0 Å². The molecule has 0 unspecified atom stereocenters. The van der Waals surface area contributed by atoms with E-state index in [-0.39, 0.29) is 0 Å². The molecule has 0 amide bonds. The van der Waals surface area contributed by atoms with Gasteiger partial charge in [0, 0.05) is 0 Å². The molecule has 0 aromatic heterocycles. The second kappa shape index (κ2) is 3.92. The van der Waals surface area contributed by atoms with Gasteiger partial charge in [-0.2, -0.15) is 0 Å². The summed E-state index contributed by atoms with van der Waals surface area (Å²) in [4.78, 5) is 0. The van der Waals surface area contributed by atoms with Crippen molar-refractivity contribution in [3.8, 4) is 0 Å². The van der Waals surface area contributed by atoms with Gasteiger partial charge in [-0.25, -0.2) is 0 Å².